The monoisotopic (exact) mass is 339 g/mol. The molecule has 0 aliphatic carbocycles. The Balaban J connectivity index is 1.90. The van der Waals surface area contributed by atoms with Crippen molar-refractivity contribution in [3.63, 3.8) is 0 Å². The Labute approximate surface area is 141 Å². The number of fused-ring (bicyclic) bond motifs is 1. The lowest BCUT2D eigenvalue weighted by molar-refractivity contribution is -0.160. The minimum absolute atomic E-state index is 0.244. The Morgan fingerprint density at radius 1 is 1.39 bits per heavy atom. The summed E-state index contributed by atoms with van der Waals surface area (Å²) in [6.45, 7) is 6.37. The summed E-state index contributed by atoms with van der Waals surface area (Å²) in [5, 5.41) is 3.35. The van der Waals surface area contributed by atoms with Crippen LogP contribution < -0.4 is 10.1 Å². The maximum absolute atomic E-state index is 12.2. The van der Waals surface area contributed by atoms with E-state index in [1.807, 2.05) is 13.8 Å². The third-order valence-electron chi connectivity index (χ3n) is 3.61. The third kappa shape index (κ3) is 4.86. The van der Waals surface area contributed by atoms with E-state index in [9.17, 15) is 9.59 Å². The summed E-state index contributed by atoms with van der Waals surface area (Å²) in [4.78, 5) is 24.1. The molecule has 0 saturated carbocycles. The highest BCUT2D eigenvalue weighted by atomic mass is 35.5. The molecular weight excluding hydrogens is 318 g/mol. The number of rotatable bonds is 5. The first kappa shape index (κ1) is 17.6. The molecule has 6 heteroatoms. The number of hydrogen-bond donors (Lipinski definition) is 1. The molecule has 0 unspecified atom stereocenters. The van der Waals surface area contributed by atoms with Crippen molar-refractivity contribution in [2.75, 3.05) is 13.2 Å². The van der Waals surface area contributed by atoms with Gasteiger partial charge in [0.05, 0.1) is 5.92 Å². The molecule has 2 rings (SSSR count). The van der Waals surface area contributed by atoms with Crippen LogP contribution in [-0.4, -0.2) is 31.1 Å². The van der Waals surface area contributed by atoms with Crippen LogP contribution in [0, 0.1) is 11.8 Å². The number of amides is 1. The zero-order valence-electron chi connectivity index (χ0n) is 13.6. The quantitative estimate of drug-likeness (QED) is 0.837. The second-order valence-electron chi connectivity index (χ2n) is 6.18. The molecule has 23 heavy (non-hydrogen) atoms. The van der Waals surface area contributed by atoms with Gasteiger partial charge in [0, 0.05) is 11.6 Å². The summed E-state index contributed by atoms with van der Waals surface area (Å²) >= 11 is 5.97. The second-order valence-corrected chi connectivity index (χ2v) is 6.62. The highest BCUT2D eigenvalue weighted by Gasteiger charge is 2.29. The van der Waals surface area contributed by atoms with Crippen LogP contribution in [0.3, 0.4) is 0 Å². The van der Waals surface area contributed by atoms with E-state index < -0.39 is 18.0 Å². The number of carbonyl (C=O) groups excluding carboxylic acids is 2. The largest absolute Gasteiger partial charge is 0.492 e. The molecule has 0 aromatic heterocycles. The zero-order valence-corrected chi connectivity index (χ0v) is 14.4. The molecule has 5 nitrogen and oxygen atoms in total. The highest BCUT2D eigenvalue weighted by Crippen LogP contribution is 2.30. The van der Waals surface area contributed by atoms with Crippen molar-refractivity contribution >= 4 is 23.5 Å². The first-order chi connectivity index (χ1) is 10.9. The lowest BCUT2D eigenvalue weighted by atomic mass is 9.97. The van der Waals surface area contributed by atoms with E-state index in [-0.39, 0.29) is 12.5 Å². The smallest absolute Gasteiger partial charge is 0.313 e. The Kier molecular flexibility index (Phi) is 5.88. The summed E-state index contributed by atoms with van der Waals surface area (Å²) < 4.78 is 10.8. The number of benzene rings is 1. The van der Waals surface area contributed by atoms with Crippen LogP contribution in [-0.2, 0) is 20.7 Å². The van der Waals surface area contributed by atoms with Crippen molar-refractivity contribution in [2.45, 2.75) is 33.3 Å². The minimum atomic E-state index is -0.818. The van der Waals surface area contributed by atoms with E-state index in [1.54, 1.807) is 25.1 Å². The fraction of sp³-hybridized carbons (Fsp3) is 0.529. The Morgan fingerprint density at radius 2 is 2.13 bits per heavy atom. The van der Waals surface area contributed by atoms with Crippen LogP contribution in [0.5, 0.6) is 5.75 Å². The van der Waals surface area contributed by atoms with Gasteiger partial charge in [-0.25, -0.2) is 0 Å². The van der Waals surface area contributed by atoms with Gasteiger partial charge >= 0.3 is 5.97 Å². The third-order valence-corrected chi connectivity index (χ3v) is 3.84. The number of esters is 1. The van der Waals surface area contributed by atoms with Gasteiger partial charge in [0.1, 0.15) is 12.4 Å². The molecule has 0 radical (unpaired) electrons. The van der Waals surface area contributed by atoms with Crippen molar-refractivity contribution in [2.24, 2.45) is 11.8 Å². The normalized spacial score (nSPS) is 17.9. The van der Waals surface area contributed by atoms with Gasteiger partial charge in [0.25, 0.3) is 5.91 Å². The maximum atomic E-state index is 12.2. The van der Waals surface area contributed by atoms with Crippen LogP contribution in [0.2, 0.25) is 5.02 Å². The van der Waals surface area contributed by atoms with Crippen LogP contribution in [0.25, 0.3) is 0 Å². The molecule has 1 heterocycles. The lowest BCUT2D eigenvalue weighted by Gasteiger charge is -2.25. The van der Waals surface area contributed by atoms with Crippen LogP contribution >= 0.6 is 11.6 Å². The van der Waals surface area contributed by atoms with E-state index in [2.05, 4.69) is 5.32 Å². The van der Waals surface area contributed by atoms with Crippen LogP contribution in [0.4, 0.5) is 0 Å². The van der Waals surface area contributed by atoms with E-state index >= 15 is 0 Å². The van der Waals surface area contributed by atoms with Gasteiger partial charge in [-0.3, -0.25) is 9.59 Å². The molecule has 0 saturated heterocycles. The molecule has 1 aromatic rings. The summed E-state index contributed by atoms with van der Waals surface area (Å²) in [6, 6.07) is 5.33. The molecule has 0 bridgehead atoms. The van der Waals surface area contributed by atoms with Crippen molar-refractivity contribution in [1.82, 2.24) is 5.32 Å². The number of carbonyl (C=O) groups is 2. The van der Waals surface area contributed by atoms with E-state index in [4.69, 9.17) is 21.1 Å². The van der Waals surface area contributed by atoms with Crippen molar-refractivity contribution in [3.8, 4) is 5.75 Å². The first-order valence-electron chi connectivity index (χ1n) is 7.76. The summed E-state index contributed by atoms with van der Waals surface area (Å²) in [7, 11) is 0. The summed E-state index contributed by atoms with van der Waals surface area (Å²) in [5.74, 6) is -0.0626. The average molecular weight is 340 g/mol. The minimum Gasteiger partial charge on any atom is -0.492 e. The first-order valence-corrected chi connectivity index (χ1v) is 8.14. The summed E-state index contributed by atoms with van der Waals surface area (Å²) in [6.07, 6.45) is -0.322. The molecule has 2 atom stereocenters. The predicted molar refractivity (Wildman–Crippen MR) is 87.5 cm³/mol. The van der Waals surface area contributed by atoms with Crippen LogP contribution in [0.1, 0.15) is 26.3 Å². The highest BCUT2D eigenvalue weighted by molar-refractivity contribution is 6.30. The number of hydrogen-bond acceptors (Lipinski definition) is 4. The van der Waals surface area contributed by atoms with Gasteiger partial charge in [-0.15, -0.1) is 0 Å². The molecule has 1 aromatic carbocycles. The Bertz CT molecular complexity index is 588. The van der Waals surface area contributed by atoms with Crippen LogP contribution in [0.15, 0.2) is 18.2 Å². The number of ether oxygens (including phenoxy) is 2. The van der Waals surface area contributed by atoms with Gasteiger partial charge in [-0.05, 0) is 43.0 Å². The van der Waals surface area contributed by atoms with Gasteiger partial charge < -0.3 is 14.8 Å². The zero-order chi connectivity index (χ0) is 17.0. The molecule has 0 spiro atoms. The van der Waals surface area contributed by atoms with E-state index in [0.717, 1.165) is 11.3 Å². The van der Waals surface area contributed by atoms with Gasteiger partial charge in [0.2, 0.25) is 0 Å². The van der Waals surface area contributed by atoms with E-state index in [0.29, 0.717) is 23.9 Å². The average Bonchev–Trinajstić information content (AvgIpc) is 2.51. The number of nitrogens with one attached hydrogen (secondary N) is 1. The molecule has 126 valence electrons. The van der Waals surface area contributed by atoms with Gasteiger partial charge in [0.15, 0.2) is 6.10 Å². The fourth-order valence-corrected chi connectivity index (χ4v) is 2.48. The molecule has 1 aliphatic heterocycles. The van der Waals surface area contributed by atoms with Crippen molar-refractivity contribution < 1.29 is 19.1 Å². The summed E-state index contributed by atoms with van der Waals surface area (Å²) in [5.41, 5.74) is 0.877. The maximum Gasteiger partial charge on any atom is 0.313 e. The van der Waals surface area contributed by atoms with Gasteiger partial charge in [-0.2, -0.15) is 0 Å². The Hall–Kier alpha value is -1.75. The van der Waals surface area contributed by atoms with Crippen molar-refractivity contribution in [1.29, 1.82) is 0 Å². The topological polar surface area (TPSA) is 64.6 Å². The lowest BCUT2D eigenvalue weighted by Crippen LogP contribution is -2.40. The number of halogens is 1. The standard InChI is InChI=1S/C17H22ClNO4/c1-10(2)8-19-16(20)11(3)23-17(21)13-6-12-7-14(18)4-5-15(12)22-9-13/h4-5,7,10-11,13H,6,8-9H2,1-3H3,(H,19,20)/t11-,13-/m0/s1. The second kappa shape index (κ2) is 7.68. The molecule has 0 fully saturated rings. The molecule has 1 amide bonds. The molecule has 1 N–H and O–H groups in total. The predicted octanol–water partition coefficient (Wildman–Crippen LogP) is 2.60. The SMILES string of the molecule is CC(C)CNC(=O)[C@H](C)OC(=O)[C@@H]1COc2ccc(Cl)cc2C1. The van der Waals surface area contributed by atoms with Gasteiger partial charge in [-0.1, -0.05) is 25.4 Å². The molecular formula is C17H22ClNO4. The Morgan fingerprint density at radius 3 is 2.83 bits per heavy atom. The fourth-order valence-electron chi connectivity index (χ4n) is 2.29. The van der Waals surface area contributed by atoms with Crippen molar-refractivity contribution in [3.05, 3.63) is 28.8 Å². The van der Waals surface area contributed by atoms with E-state index in [1.165, 1.54) is 0 Å². The molecule has 1 aliphatic rings.